The predicted molar refractivity (Wildman–Crippen MR) is 76.5 cm³/mol. The van der Waals surface area contributed by atoms with Gasteiger partial charge in [-0.25, -0.2) is 0 Å². The van der Waals surface area contributed by atoms with Crippen LogP contribution in [-0.4, -0.2) is 0 Å². The summed E-state index contributed by atoms with van der Waals surface area (Å²) in [6, 6.07) is 8.39. The minimum atomic E-state index is 0.162. The van der Waals surface area contributed by atoms with E-state index >= 15 is 0 Å². The Morgan fingerprint density at radius 1 is 1.35 bits per heavy atom. The summed E-state index contributed by atoms with van der Waals surface area (Å²) in [5, 5.41) is 0. The van der Waals surface area contributed by atoms with Gasteiger partial charge in [-0.15, -0.1) is 6.42 Å². The van der Waals surface area contributed by atoms with Crippen molar-refractivity contribution in [3.05, 3.63) is 66.3 Å². The zero-order valence-corrected chi connectivity index (χ0v) is 10.5. The first-order valence-corrected chi connectivity index (χ1v) is 5.71. The van der Waals surface area contributed by atoms with Gasteiger partial charge in [-0.1, -0.05) is 66.6 Å². The lowest BCUT2D eigenvalue weighted by Crippen LogP contribution is -1.82. The highest BCUT2D eigenvalue weighted by Gasteiger charge is 1.95. The van der Waals surface area contributed by atoms with Gasteiger partial charge < -0.3 is 0 Å². The van der Waals surface area contributed by atoms with Crippen molar-refractivity contribution in [2.45, 2.75) is 13.8 Å². The van der Waals surface area contributed by atoms with Crippen molar-refractivity contribution in [2.24, 2.45) is 5.92 Å². The number of rotatable bonds is 4. The summed E-state index contributed by atoms with van der Waals surface area (Å²) in [7, 11) is 0. The maximum Gasteiger partial charge on any atom is 0.0354 e. The van der Waals surface area contributed by atoms with Gasteiger partial charge in [0.25, 0.3) is 0 Å². The highest BCUT2D eigenvalue weighted by molar-refractivity contribution is 5.74. The Kier molecular flexibility index (Phi) is 5.04. The molecule has 1 unspecified atom stereocenters. The molecule has 0 bridgehead atoms. The molecule has 1 aromatic rings. The van der Waals surface area contributed by atoms with Crippen molar-refractivity contribution in [1.82, 2.24) is 0 Å². The Hall–Kier alpha value is -2.00. The van der Waals surface area contributed by atoms with Gasteiger partial charge in [0, 0.05) is 5.92 Å². The lowest BCUT2D eigenvalue weighted by atomic mass is 10.0. The first-order valence-electron chi connectivity index (χ1n) is 5.71. The Morgan fingerprint density at radius 3 is 2.53 bits per heavy atom. The van der Waals surface area contributed by atoms with Crippen molar-refractivity contribution >= 4 is 5.57 Å². The largest absolute Gasteiger partial charge is 0.119 e. The van der Waals surface area contributed by atoms with Crippen LogP contribution in [0.15, 0.2) is 55.1 Å². The summed E-state index contributed by atoms with van der Waals surface area (Å²) >= 11 is 0. The molecule has 0 radical (unpaired) electrons. The van der Waals surface area contributed by atoms with Crippen molar-refractivity contribution in [3.8, 4) is 12.3 Å². The SMILES string of the molecule is C#CC(C)/C=C\C=C(/C=C)c1ccc(C)cc1. The monoisotopic (exact) mass is 222 g/mol. The average Bonchev–Trinajstić information content (AvgIpc) is 2.35. The van der Waals surface area contributed by atoms with E-state index in [9.17, 15) is 0 Å². The molecule has 0 saturated carbocycles. The fourth-order valence-corrected chi connectivity index (χ4v) is 1.41. The Labute approximate surface area is 104 Å². The smallest absolute Gasteiger partial charge is 0.0354 e. The highest BCUT2D eigenvalue weighted by atomic mass is 14.0. The highest BCUT2D eigenvalue weighted by Crippen LogP contribution is 2.16. The van der Waals surface area contributed by atoms with E-state index in [-0.39, 0.29) is 5.92 Å². The van der Waals surface area contributed by atoms with Crippen LogP contribution in [0.2, 0.25) is 0 Å². The molecule has 0 aliphatic rings. The van der Waals surface area contributed by atoms with Crippen LogP contribution in [0.3, 0.4) is 0 Å². The molecule has 0 spiro atoms. The maximum absolute atomic E-state index is 5.31. The van der Waals surface area contributed by atoms with E-state index in [1.165, 1.54) is 11.1 Å². The predicted octanol–water partition coefficient (Wildman–Crippen LogP) is 4.39. The average molecular weight is 222 g/mol. The van der Waals surface area contributed by atoms with Crippen LogP contribution in [-0.2, 0) is 0 Å². The summed E-state index contributed by atoms with van der Waals surface area (Å²) < 4.78 is 0. The molecule has 1 rings (SSSR count). The van der Waals surface area contributed by atoms with E-state index in [0.717, 1.165) is 5.57 Å². The van der Waals surface area contributed by atoms with E-state index in [2.05, 4.69) is 43.7 Å². The lowest BCUT2D eigenvalue weighted by molar-refractivity contribution is 0.982. The molecule has 0 heteroatoms. The summed E-state index contributed by atoms with van der Waals surface area (Å²) in [6.45, 7) is 7.90. The van der Waals surface area contributed by atoms with Crippen molar-refractivity contribution in [1.29, 1.82) is 0 Å². The summed E-state index contributed by atoms with van der Waals surface area (Å²) in [5.74, 6) is 2.82. The van der Waals surface area contributed by atoms with Gasteiger partial charge >= 0.3 is 0 Å². The number of hydrogen-bond acceptors (Lipinski definition) is 0. The van der Waals surface area contributed by atoms with Crippen LogP contribution < -0.4 is 0 Å². The van der Waals surface area contributed by atoms with Gasteiger partial charge in [-0.3, -0.25) is 0 Å². The summed E-state index contributed by atoms with van der Waals surface area (Å²) in [6.07, 6.45) is 13.2. The lowest BCUT2D eigenvalue weighted by Gasteiger charge is -2.02. The fraction of sp³-hybridized carbons (Fsp3) is 0.176. The molecule has 0 amide bonds. The molecule has 0 N–H and O–H groups in total. The van der Waals surface area contributed by atoms with Gasteiger partial charge in [0.15, 0.2) is 0 Å². The second-order valence-corrected chi connectivity index (χ2v) is 4.03. The number of allylic oxidation sites excluding steroid dienone is 5. The molecule has 1 atom stereocenters. The Morgan fingerprint density at radius 2 is 2.00 bits per heavy atom. The first kappa shape index (κ1) is 13.1. The molecule has 86 valence electrons. The topological polar surface area (TPSA) is 0 Å². The molecule has 0 heterocycles. The Bertz CT molecular complexity index is 464. The first-order chi connectivity index (χ1) is 8.17. The number of hydrogen-bond donors (Lipinski definition) is 0. The van der Waals surface area contributed by atoms with Gasteiger partial charge in [-0.2, -0.15) is 0 Å². The summed E-state index contributed by atoms with van der Waals surface area (Å²) in [5.41, 5.74) is 3.53. The molecular weight excluding hydrogens is 204 g/mol. The van der Waals surface area contributed by atoms with Crippen LogP contribution in [0.5, 0.6) is 0 Å². The van der Waals surface area contributed by atoms with Gasteiger partial charge in [0.2, 0.25) is 0 Å². The van der Waals surface area contributed by atoms with Crippen LogP contribution in [0.1, 0.15) is 18.1 Å². The van der Waals surface area contributed by atoms with E-state index in [1.807, 2.05) is 31.2 Å². The molecule has 0 aliphatic carbocycles. The van der Waals surface area contributed by atoms with Gasteiger partial charge in [-0.05, 0) is 25.0 Å². The van der Waals surface area contributed by atoms with Gasteiger partial charge in [0.1, 0.15) is 0 Å². The molecule has 0 aromatic heterocycles. The van der Waals surface area contributed by atoms with Crippen molar-refractivity contribution in [3.63, 3.8) is 0 Å². The van der Waals surface area contributed by atoms with Crippen LogP contribution in [0.25, 0.3) is 5.57 Å². The van der Waals surface area contributed by atoms with Gasteiger partial charge in [0.05, 0.1) is 0 Å². The molecule has 0 nitrogen and oxygen atoms in total. The third-order valence-electron chi connectivity index (χ3n) is 2.54. The third kappa shape index (κ3) is 4.17. The van der Waals surface area contributed by atoms with Crippen LogP contribution in [0, 0.1) is 25.2 Å². The second-order valence-electron chi connectivity index (χ2n) is 4.03. The molecule has 0 aliphatic heterocycles. The molecule has 0 fully saturated rings. The van der Waals surface area contributed by atoms with Crippen molar-refractivity contribution < 1.29 is 0 Å². The minimum Gasteiger partial charge on any atom is -0.119 e. The standard InChI is InChI=1S/C17H18/c1-5-14(3)8-7-9-16(6-2)17-12-10-15(4)11-13-17/h1,6-14H,2H2,3-4H3/b8-7-,16-9+. The zero-order chi connectivity index (χ0) is 12.7. The van der Waals surface area contributed by atoms with Crippen molar-refractivity contribution in [2.75, 3.05) is 0 Å². The Balaban J connectivity index is 2.89. The zero-order valence-electron chi connectivity index (χ0n) is 10.5. The molecule has 17 heavy (non-hydrogen) atoms. The molecular formula is C17H18. The number of terminal acetylenes is 1. The number of benzene rings is 1. The van der Waals surface area contributed by atoms with E-state index in [1.54, 1.807) is 0 Å². The second kappa shape index (κ2) is 6.55. The van der Waals surface area contributed by atoms with E-state index < -0.39 is 0 Å². The minimum absolute atomic E-state index is 0.162. The number of aryl methyl sites for hydroxylation is 1. The van der Waals surface area contributed by atoms with Crippen LogP contribution in [0.4, 0.5) is 0 Å². The fourth-order valence-electron chi connectivity index (χ4n) is 1.41. The maximum atomic E-state index is 5.31. The van der Waals surface area contributed by atoms with Crippen LogP contribution >= 0.6 is 0 Å². The van der Waals surface area contributed by atoms with E-state index in [4.69, 9.17) is 6.42 Å². The third-order valence-corrected chi connectivity index (χ3v) is 2.54. The molecule has 1 aromatic carbocycles. The van der Waals surface area contributed by atoms with E-state index in [0.29, 0.717) is 0 Å². The summed E-state index contributed by atoms with van der Waals surface area (Å²) in [4.78, 5) is 0. The quantitative estimate of drug-likeness (QED) is 0.523. The molecule has 0 saturated heterocycles. The normalized spacial score (nSPS) is 13.4.